The van der Waals surface area contributed by atoms with Crippen LogP contribution in [0.1, 0.15) is 33.1 Å². The minimum absolute atomic E-state index is 0.0996. The number of methoxy groups -OCH3 is 1. The van der Waals surface area contributed by atoms with Crippen molar-refractivity contribution in [3.05, 3.63) is 0 Å². The summed E-state index contributed by atoms with van der Waals surface area (Å²) in [6.07, 6.45) is 2.51. The standard InChI is InChI=1S/C11H25NO3S/c1-4-7-11(12-5-2)10-16(13,14)9-6-8-15-3/h11-12H,4-10H2,1-3H3. The first-order valence-electron chi connectivity index (χ1n) is 5.98. The average molecular weight is 251 g/mol. The van der Waals surface area contributed by atoms with Crippen LogP contribution < -0.4 is 5.32 Å². The van der Waals surface area contributed by atoms with E-state index in [2.05, 4.69) is 12.2 Å². The molecule has 0 saturated carbocycles. The van der Waals surface area contributed by atoms with Crippen LogP contribution in [-0.2, 0) is 14.6 Å². The Balaban J connectivity index is 4.08. The summed E-state index contributed by atoms with van der Waals surface area (Å²) < 4.78 is 28.4. The topological polar surface area (TPSA) is 55.4 Å². The van der Waals surface area contributed by atoms with Gasteiger partial charge in [-0.25, -0.2) is 8.42 Å². The molecule has 0 aromatic heterocycles. The van der Waals surface area contributed by atoms with Crippen molar-refractivity contribution in [3.63, 3.8) is 0 Å². The molecule has 0 rings (SSSR count). The Hall–Kier alpha value is -0.130. The van der Waals surface area contributed by atoms with E-state index >= 15 is 0 Å². The molecule has 1 atom stereocenters. The van der Waals surface area contributed by atoms with Crippen LogP contribution >= 0.6 is 0 Å². The fraction of sp³-hybridized carbons (Fsp3) is 1.00. The molecule has 0 aliphatic heterocycles. The van der Waals surface area contributed by atoms with Gasteiger partial charge in [-0.15, -0.1) is 0 Å². The van der Waals surface area contributed by atoms with Gasteiger partial charge in [0, 0.05) is 19.8 Å². The first-order valence-corrected chi connectivity index (χ1v) is 7.80. The van der Waals surface area contributed by atoms with Crippen molar-refractivity contribution in [1.82, 2.24) is 5.32 Å². The Labute approximate surface area is 99.7 Å². The third kappa shape index (κ3) is 8.07. The van der Waals surface area contributed by atoms with Gasteiger partial charge in [0.2, 0.25) is 0 Å². The van der Waals surface area contributed by atoms with Crippen molar-refractivity contribution in [2.24, 2.45) is 0 Å². The molecule has 0 bridgehead atoms. The van der Waals surface area contributed by atoms with Crippen molar-refractivity contribution < 1.29 is 13.2 Å². The van der Waals surface area contributed by atoms with Crippen LogP contribution in [0, 0.1) is 0 Å². The maximum absolute atomic E-state index is 11.8. The predicted octanol–water partition coefficient (Wildman–Crippen LogP) is 1.22. The SMILES string of the molecule is CCCC(CS(=O)(=O)CCCOC)NCC. The molecule has 0 fully saturated rings. The summed E-state index contributed by atoms with van der Waals surface area (Å²) in [4.78, 5) is 0. The van der Waals surface area contributed by atoms with E-state index in [9.17, 15) is 8.42 Å². The minimum Gasteiger partial charge on any atom is -0.385 e. The summed E-state index contributed by atoms with van der Waals surface area (Å²) in [7, 11) is -1.35. The van der Waals surface area contributed by atoms with E-state index in [-0.39, 0.29) is 17.5 Å². The Kier molecular flexibility index (Phi) is 8.89. The third-order valence-electron chi connectivity index (χ3n) is 2.39. The zero-order valence-electron chi connectivity index (χ0n) is 10.7. The highest BCUT2D eigenvalue weighted by Crippen LogP contribution is 2.03. The molecule has 0 aliphatic rings. The second-order valence-corrected chi connectivity index (χ2v) is 6.23. The van der Waals surface area contributed by atoms with Crippen molar-refractivity contribution in [2.45, 2.75) is 39.2 Å². The summed E-state index contributed by atoms with van der Waals surface area (Å²) in [6.45, 7) is 5.40. The normalized spacial score (nSPS) is 13.9. The predicted molar refractivity (Wildman–Crippen MR) is 67.5 cm³/mol. The molecule has 0 heterocycles. The van der Waals surface area contributed by atoms with Crippen LogP contribution in [0.4, 0.5) is 0 Å². The Morgan fingerprint density at radius 2 is 2.00 bits per heavy atom. The number of rotatable bonds is 10. The quantitative estimate of drug-likeness (QED) is 0.593. The molecule has 4 nitrogen and oxygen atoms in total. The largest absolute Gasteiger partial charge is 0.385 e. The lowest BCUT2D eigenvalue weighted by Crippen LogP contribution is -2.36. The smallest absolute Gasteiger partial charge is 0.151 e. The molecule has 0 aromatic rings. The molecule has 16 heavy (non-hydrogen) atoms. The van der Waals surface area contributed by atoms with Gasteiger partial charge < -0.3 is 10.1 Å². The fourth-order valence-electron chi connectivity index (χ4n) is 1.69. The lowest BCUT2D eigenvalue weighted by Gasteiger charge is -2.16. The van der Waals surface area contributed by atoms with Gasteiger partial charge in [0.25, 0.3) is 0 Å². The molecular weight excluding hydrogens is 226 g/mol. The molecule has 0 aliphatic carbocycles. The fourth-order valence-corrected chi connectivity index (χ4v) is 3.32. The van der Waals surface area contributed by atoms with Crippen molar-refractivity contribution in [1.29, 1.82) is 0 Å². The molecule has 0 aromatic carbocycles. The van der Waals surface area contributed by atoms with Crippen molar-refractivity contribution in [2.75, 3.05) is 31.8 Å². The van der Waals surface area contributed by atoms with Crippen LogP contribution in [0.25, 0.3) is 0 Å². The Morgan fingerprint density at radius 1 is 1.31 bits per heavy atom. The van der Waals surface area contributed by atoms with E-state index in [1.165, 1.54) is 0 Å². The summed E-state index contributed by atoms with van der Waals surface area (Å²) in [6, 6.07) is 0.0996. The number of nitrogens with one attached hydrogen (secondary N) is 1. The summed E-state index contributed by atoms with van der Waals surface area (Å²) in [5.41, 5.74) is 0. The van der Waals surface area contributed by atoms with Gasteiger partial charge in [0.15, 0.2) is 9.84 Å². The van der Waals surface area contributed by atoms with Crippen molar-refractivity contribution >= 4 is 9.84 Å². The van der Waals surface area contributed by atoms with Crippen LogP contribution in [0.5, 0.6) is 0 Å². The highest BCUT2D eigenvalue weighted by molar-refractivity contribution is 7.91. The van der Waals surface area contributed by atoms with Gasteiger partial charge >= 0.3 is 0 Å². The van der Waals surface area contributed by atoms with E-state index in [1.54, 1.807) is 7.11 Å². The van der Waals surface area contributed by atoms with Gasteiger partial charge in [-0.2, -0.15) is 0 Å². The zero-order valence-corrected chi connectivity index (χ0v) is 11.5. The second kappa shape index (κ2) is 8.96. The maximum atomic E-state index is 11.8. The van der Waals surface area contributed by atoms with E-state index in [4.69, 9.17) is 4.74 Å². The molecule has 1 N–H and O–H groups in total. The number of hydrogen-bond donors (Lipinski definition) is 1. The van der Waals surface area contributed by atoms with E-state index in [1.807, 2.05) is 6.92 Å². The number of ether oxygens (including phenoxy) is 1. The molecule has 0 amide bonds. The summed E-state index contributed by atoms with van der Waals surface area (Å²) in [5, 5.41) is 3.22. The summed E-state index contributed by atoms with van der Waals surface area (Å²) >= 11 is 0. The molecule has 1 unspecified atom stereocenters. The van der Waals surface area contributed by atoms with E-state index in [0.29, 0.717) is 13.0 Å². The van der Waals surface area contributed by atoms with E-state index < -0.39 is 9.84 Å². The molecule has 98 valence electrons. The molecule has 0 saturated heterocycles. The first-order chi connectivity index (χ1) is 7.55. The highest BCUT2D eigenvalue weighted by Gasteiger charge is 2.17. The molecule has 0 radical (unpaired) electrons. The van der Waals surface area contributed by atoms with Gasteiger partial charge in [0.1, 0.15) is 0 Å². The minimum atomic E-state index is -2.94. The first kappa shape index (κ1) is 15.9. The van der Waals surface area contributed by atoms with Crippen LogP contribution in [0.3, 0.4) is 0 Å². The lowest BCUT2D eigenvalue weighted by molar-refractivity contribution is 0.199. The van der Waals surface area contributed by atoms with Gasteiger partial charge in [-0.05, 0) is 19.4 Å². The van der Waals surface area contributed by atoms with Crippen LogP contribution in [0.2, 0.25) is 0 Å². The Morgan fingerprint density at radius 3 is 2.50 bits per heavy atom. The molecule has 5 heteroatoms. The average Bonchev–Trinajstić information content (AvgIpc) is 2.18. The Bertz CT molecular complexity index is 246. The monoisotopic (exact) mass is 251 g/mol. The molecule has 0 spiro atoms. The van der Waals surface area contributed by atoms with E-state index in [0.717, 1.165) is 19.4 Å². The van der Waals surface area contributed by atoms with Crippen LogP contribution in [-0.4, -0.2) is 46.2 Å². The maximum Gasteiger partial charge on any atom is 0.151 e. The lowest BCUT2D eigenvalue weighted by atomic mass is 10.2. The van der Waals surface area contributed by atoms with Gasteiger partial charge in [-0.3, -0.25) is 0 Å². The molecular formula is C11H25NO3S. The third-order valence-corrected chi connectivity index (χ3v) is 4.21. The van der Waals surface area contributed by atoms with Gasteiger partial charge in [-0.1, -0.05) is 20.3 Å². The van der Waals surface area contributed by atoms with Crippen LogP contribution in [0.15, 0.2) is 0 Å². The van der Waals surface area contributed by atoms with Crippen molar-refractivity contribution in [3.8, 4) is 0 Å². The summed E-state index contributed by atoms with van der Waals surface area (Å²) in [5.74, 6) is 0.477. The number of hydrogen-bond acceptors (Lipinski definition) is 4. The highest BCUT2D eigenvalue weighted by atomic mass is 32.2. The second-order valence-electron chi connectivity index (χ2n) is 4.00. The van der Waals surface area contributed by atoms with Gasteiger partial charge in [0.05, 0.1) is 11.5 Å². The number of sulfone groups is 1. The zero-order chi connectivity index (χ0) is 12.4.